The van der Waals surface area contributed by atoms with E-state index in [0.29, 0.717) is 12.8 Å². The van der Waals surface area contributed by atoms with Crippen molar-refractivity contribution < 1.29 is 9.90 Å². The zero-order valence-electron chi connectivity index (χ0n) is 10.9. The first-order valence-electron chi connectivity index (χ1n) is 5.97. The van der Waals surface area contributed by atoms with Gasteiger partial charge in [-0.25, -0.2) is 0 Å². The van der Waals surface area contributed by atoms with Crippen LogP contribution in [0, 0.1) is 5.41 Å². The van der Waals surface area contributed by atoms with Crippen LogP contribution in [0.1, 0.15) is 47.0 Å². The normalized spacial score (nSPS) is 15.6. The molecule has 2 unspecified atom stereocenters. The Bertz CT molecular complexity index is 212. The van der Waals surface area contributed by atoms with E-state index >= 15 is 0 Å². The van der Waals surface area contributed by atoms with Gasteiger partial charge in [0.25, 0.3) is 0 Å². The van der Waals surface area contributed by atoms with E-state index in [1.165, 1.54) is 0 Å². The van der Waals surface area contributed by atoms with E-state index in [4.69, 9.17) is 10.8 Å². The Morgan fingerprint density at radius 1 is 1.44 bits per heavy atom. The third-order valence-corrected chi connectivity index (χ3v) is 2.77. The molecule has 4 nitrogen and oxygen atoms in total. The van der Waals surface area contributed by atoms with Crippen LogP contribution in [-0.4, -0.2) is 29.7 Å². The zero-order chi connectivity index (χ0) is 12.8. The van der Waals surface area contributed by atoms with Gasteiger partial charge >= 0.3 is 0 Å². The maximum absolute atomic E-state index is 11.7. The summed E-state index contributed by atoms with van der Waals surface area (Å²) in [5.74, 6) is -0.0253. The van der Waals surface area contributed by atoms with Crippen LogP contribution in [0.2, 0.25) is 0 Å². The second-order valence-electron chi connectivity index (χ2n) is 5.37. The first-order valence-corrected chi connectivity index (χ1v) is 5.97. The van der Waals surface area contributed by atoms with Gasteiger partial charge in [0, 0.05) is 25.1 Å². The van der Waals surface area contributed by atoms with Gasteiger partial charge in [0.05, 0.1) is 0 Å². The van der Waals surface area contributed by atoms with Crippen molar-refractivity contribution in [1.82, 2.24) is 5.32 Å². The molecule has 0 aromatic rings. The Morgan fingerprint density at radius 2 is 2.00 bits per heavy atom. The lowest BCUT2D eigenvalue weighted by Gasteiger charge is -2.31. The van der Waals surface area contributed by atoms with Gasteiger partial charge in [0.15, 0.2) is 0 Å². The van der Waals surface area contributed by atoms with E-state index < -0.39 is 0 Å². The SMILES string of the molecule is CCC(N)CC(=O)NC(CCO)C(C)(C)C. The predicted molar refractivity (Wildman–Crippen MR) is 66.0 cm³/mol. The summed E-state index contributed by atoms with van der Waals surface area (Å²) in [6.45, 7) is 8.20. The third-order valence-electron chi connectivity index (χ3n) is 2.77. The molecule has 0 bridgehead atoms. The second kappa shape index (κ2) is 6.86. The summed E-state index contributed by atoms with van der Waals surface area (Å²) in [6, 6.07) is -0.0798. The van der Waals surface area contributed by atoms with Crippen LogP contribution in [0.5, 0.6) is 0 Å². The average molecular weight is 230 g/mol. The molecule has 0 saturated heterocycles. The van der Waals surface area contributed by atoms with E-state index in [2.05, 4.69) is 5.32 Å². The topological polar surface area (TPSA) is 75.4 Å². The monoisotopic (exact) mass is 230 g/mol. The molecular formula is C12H26N2O2. The molecule has 1 amide bonds. The third kappa shape index (κ3) is 6.08. The number of amides is 1. The molecule has 0 aliphatic rings. The standard InChI is InChI=1S/C12H26N2O2/c1-5-9(13)8-11(16)14-10(6-7-15)12(2,3)4/h9-10,15H,5-8,13H2,1-4H3,(H,14,16). The van der Waals surface area contributed by atoms with E-state index in [-0.39, 0.29) is 30.0 Å². The molecule has 0 fully saturated rings. The van der Waals surface area contributed by atoms with Crippen LogP contribution in [0.25, 0.3) is 0 Å². The van der Waals surface area contributed by atoms with Crippen molar-refractivity contribution in [3.8, 4) is 0 Å². The summed E-state index contributed by atoms with van der Waals surface area (Å²) in [5.41, 5.74) is 5.68. The van der Waals surface area contributed by atoms with Crippen LogP contribution in [0.15, 0.2) is 0 Å². The fourth-order valence-electron chi connectivity index (χ4n) is 1.49. The number of rotatable bonds is 6. The van der Waals surface area contributed by atoms with Crippen molar-refractivity contribution >= 4 is 5.91 Å². The van der Waals surface area contributed by atoms with Crippen LogP contribution in [-0.2, 0) is 4.79 Å². The Morgan fingerprint density at radius 3 is 2.38 bits per heavy atom. The Balaban J connectivity index is 4.24. The lowest BCUT2D eigenvalue weighted by molar-refractivity contribution is -0.123. The molecule has 2 atom stereocenters. The summed E-state index contributed by atoms with van der Waals surface area (Å²) >= 11 is 0. The quantitative estimate of drug-likeness (QED) is 0.638. The molecule has 0 aromatic carbocycles. The molecule has 0 spiro atoms. The minimum absolute atomic E-state index is 0.00550. The largest absolute Gasteiger partial charge is 0.396 e. The van der Waals surface area contributed by atoms with Crippen LogP contribution >= 0.6 is 0 Å². The zero-order valence-corrected chi connectivity index (χ0v) is 10.9. The van der Waals surface area contributed by atoms with Crippen LogP contribution < -0.4 is 11.1 Å². The molecular weight excluding hydrogens is 204 g/mol. The van der Waals surface area contributed by atoms with Gasteiger partial charge in [0.1, 0.15) is 0 Å². The molecule has 0 aliphatic carbocycles. The number of nitrogens with two attached hydrogens (primary N) is 1. The predicted octanol–water partition coefficient (Wildman–Crippen LogP) is 1.03. The lowest BCUT2D eigenvalue weighted by atomic mass is 9.85. The molecule has 4 N–H and O–H groups in total. The van der Waals surface area contributed by atoms with Gasteiger partial charge in [0.2, 0.25) is 5.91 Å². The summed E-state index contributed by atoms with van der Waals surface area (Å²) in [4.78, 5) is 11.7. The average Bonchev–Trinajstić information content (AvgIpc) is 2.15. The van der Waals surface area contributed by atoms with E-state index in [1.807, 2.05) is 27.7 Å². The fourth-order valence-corrected chi connectivity index (χ4v) is 1.49. The highest BCUT2D eigenvalue weighted by atomic mass is 16.3. The molecule has 96 valence electrons. The molecule has 4 heteroatoms. The van der Waals surface area contributed by atoms with Crippen molar-refractivity contribution in [2.75, 3.05) is 6.61 Å². The highest BCUT2D eigenvalue weighted by Gasteiger charge is 2.25. The van der Waals surface area contributed by atoms with Crippen molar-refractivity contribution in [3.63, 3.8) is 0 Å². The molecule has 0 rings (SSSR count). The van der Waals surface area contributed by atoms with Gasteiger partial charge in [-0.1, -0.05) is 27.7 Å². The van der Waals surface area contributed by atoms with Crippen LogP contribution in [0.3, 0.4) is 0 Å². The summed E-state index contributed by atoms with van der Waals surface area (Å²) in [5, 5.41) is 11.9. The molecule has 0 heterocycles. The fraction of sp³-hybridized carbons (Fsp3) is 0.917. The highest BCUT2D eigenvalue weighted by Crippen LogP contribution is 2.21. The van der Waals surface area contributed by atoms with Crippen molar-refractivity contribution in [3.05, 3.63) is 0 Å². The van der Waals surface area contributed by atoms with E-state index in [1.54, 1.807) is 0 Å². The smallest absolute Gasteiger partial charge is 0.221 e. The first-order chi connectivity index (χ1) is 7.31. The minimum atomic E-state index is -0.0743. The number of carbonyl (C=O) groups is 1. The van der Waals surface area contributed by atoms with Crippen molar-refractivity contribution in [1.29, 1.82) is 0 Å². The molecule has 0 saturated carbocycles. The van der Waals surface area contributed by atoms with Gasteiger partial charge in [-0.05, 0) is 18.3 Å². The van der Waals surface area contributed by atoms with Crippen LogP contribution in [0.4, 0.5) is 0 Å². The molecule has 16 heavy (non-hydrogen) atoms. The second-order valence-corrected chi connectivity index (χ2v) is 5.37. The number of carbonyl (C=O) groups excluding carboxylic acids is 1. The Labute approximate surface area is 98.6 Å². The van der Waals surface area contributed by atoms with E-state index in [0.717, 1.165) is 6.42 Å². The van der Waals surface area contributed by atoms with Gasteiger partial charge in [-0.2, -0.15) is 0 Å². The molecule has 0 aliphatic heterocycles. The number of aliphatic hydroxyl groups is 1. The lowest BCUT2D eigenvalue weighted by Crippen LogP contribution is -2.45. The number of nitrogens with one attached hydrogen (secondary N) is 1. The Kier molecular flexibility index (Phi) is 6.60. The Hall–Kier alpha value is -0.610. The highest BCUT2D eigenvalue weighted by molar-refractivity contribution is 5.76. The number of hydrogen-bond donors (Lipinski definition) is 3. The summed E-state index contributed by atoms with van der Waals surface area (Å²) in [7, 11) is 0. The maximum Gasteiger partial charge on any atom is 0.221 e. The first kappa shape index (κ1) is 15.4. The van der Waals surface area contributed by atoms with Crippen molar-refractivity contribution in [2.45, 2.75) is 59.0 Å². The van der Waals surface area contributed by atoms with Gasteiger partial charge in [-0.15, -0.1) is 0 Å². The number of aliphatic hydroxyl groups excluding tert-OH is 1. The maximum atomic E-state index is 11.7. The van der Waals surface area contributed by atoms with Gasteiger partial charge in [-0.3, -0.25) is 4.79 Å². The molecule has 0 radical (unpaired) electrons. The summed E-state index contributed by atoms with van der Waals surface area (Å²) < 4.78 is 0. The number of hydrogen-bond acceptors (Lipinski definition) is 3. The minimum Gasteiger partial charge on any atom is -0.396 e. The van der Waals surface area contributed by atoms with E-state index in [9.17, 15) is 4.79 Å². The molecule has 0 aromatic heterocycles. The summed E-state index contributed by atoms with van der Waals surface area (Å²) in [6.07, 6.45) is 1.73. The van der Waals surface area contributed by atoms with Crippen molar-refractivity contribution in [2.24, 2.45) is 11.1 Å². The van der Waals surface area contributed by atoms with Gasteiger partial charge < -0.3 is 16.2 Å².